The molecule has 1 heterocycles. The quantitative estimate of drug-likeness (QED) is 0.588. The van der Waals surface area contributed by atoms with Crippen LogP contribution in [0.1, 0.15) is 56.9 Å². The lowest BCUT2D eigenvalue weighted by molar-refractivity contribution is 0.301. The summed E-state index contributed by atoms with van der Waals surface area (Å²) in [7, 11) is 0. The first-order valence-electron chi connectivity index (χ1n) is 10.9. The standard InChI is InChI=1S/C25H27N3S/c26-17-19-12-13-23(22(16-19)20-8-2-1-3-9-20)27-24-28(21-10-4-5-11-21)18-25(29-24)14-6-7-15-25/h1-3,8-9,12-13,16,21H,4-7,10-11,14-15,18H2. The lowest BCUT2D eigenvalue weighted by atomic mass is 10.0. The molecule has 0 atom stereocenters. The summed E-state index contributed by atoms with van der Waals surface area (Å²) < 4.78 is 0.376. The van der Waals surface area contributed by atoms with Gasteiger partial charge in [-0.05, 0) is 49.4 Å². The molecule has 148 valence electrons. The molecule has 0 aromatic heterocycles. The molecular formula is C25H27N3S. The van der Waals surface area contributed by atoms with Crippen LogP contribution in [0.25, 0.3) is 11.1 Å². The van der Waals surface area contributed by atoms with Crippen molar-refractivity contribution in [3.05, 3.63) is 54.1 Å². The molecule has 0 amide bonds. The number of benzene rings is 2. The highest BCUT2D eigenvalue weighted by Crippen LogP contribution is 2.50. The van der Waals surface area contributed by atoms with Gasteiger partial charge in [0.05, 0.1) is 17.3 Å². The molecule has 0 radical (unpaired) electrons. The fraction of sp³-hybridized carbons (Fsp3) is 0.440. The molecule has 3 aliphatic rings. The van der Waals surface area contributed by atoms with E-state index in [1.807, 2.05) is 48.2 Å². The van der Waals surface area contributed by atoms with Crippen LogP contribution >= 0.6 is 11.8 Å². The Balaban J connectivity index is 1.56. The summed E-state index contributed by atoms with van der Waals surface area (Å²) >= 11 is 2.04. The molecule has 0 bridgehead atoms. The van der Waals surface area contributed by atoms with Crippen LogP contribution in [0.5, 0.6) is 0 Å². The van der Waals surface area contributed by atoms with Gasteiger partial charge < -0.3 is 4.90 Å². The highest BCUT2D eigenvalue weighted by Gasteiger charge is 2.46. The fourth-order valence-electron chi connectivity index (χ4n) is 5.19. The molecule has 1 aliphatic heterocycles. The van der Waals surface area contributed by atoms with Crippen molar-refractivity contribution in [1.82, 2.24) is 4.90 Å². The fourth-order valence-corrected chi connectivity index (χ4v) is 6.74. The maximum atomic E-state index is 9.41. The Morgan fingerprint density at radius 2 is 1.76 bits per heavy atom. The van der Waals surface area contributed by atoms with Gasteiger partial charge in [-0.1, -0.05) is 67.8 Å². The van der Waals surface area contributed by atoms with E-state index < -0.39 is 0 Å². The monoisotopic (exact) mass is 401 g/mol. The van der Waals surface area contributed by atoms with E-state index in [-0.39, 0.29) is 0 Å². The molecule has 1 spiro atoms. The zero-order chi connectivity index (χ0) is 19.7. The Bertz CT molecular complexity index is 948. The summed E-state index contributed by atoms with van der Waals surface area (Å²) in [6, 6.07) is 19.2. The maximum Gasteiger partial charge on any atom is 0.165 e. The van der Waals surface area contributed by atoms with E-state index in [1.54, 1.807) is 0 Å². The van der Waals surface area contributed by atoms with Crippen molar-refractivity contribution in [3.63, 3.8) is 0 Å². The van der Waals surface area contributed by atoms with Crippen LogP contribution in [0, 0.1) is 11.3 Å². The van der Waals surface area contributed by atoms with Gasteiger partial charge in [0.1, 0.15) is 0 Å². The molecule has 2 aliphatic carbocycles. The molecule has 3 nitrogen and oxygen atoms in total. The highest BCUT2D eigenvalue weighted by atomic mass is 32.2. The first-order valence-corrected chi connectivity index (χ1v) is 11.7. The van der Waals surface area contributed by atoms with Crippen molar-refractivity contribution in [2.75, 3.05) is 6.54 Å². The van der Waals surface area contributed by atoms with Gasteiger partial charge in [-0.25, -0.2) is 4.99 Å². The first-order chi connectivity index (χ1) is 14.3. The normalized spacial score (nSPS) is 22.6. The van der Waals surface area contributed by atoms with E-state index >= 15 is 0 Å². The summed E-state index contributed by atoms with van der Waals surface area (Å²) in [6.07, 6.45) is 10.6. The molecule has 0 unspecified atom stereocenters. The van der Waals surface area contributed by atoms with Crippen LogP contribution in [0.2, 0.25) is 0 Å². The number of rotatable bonds is 3. The van der Waals surface area contributed by atoms with E-state index in [0.717, 1.165) is 23.4 Å². The van der Waals surface area contributed by atoms with Gasteiger partial charge in [0.15, 0.2) is 5.17 Å². The van der Waals surface area contributed by atoms with Crippen molar-refractivity contribution in [1.29, 1.82) is 5.26 Å². The Hall–Kier alpha value is -2.25. The second kappa shape index (κ2) is 7.88. The van der Waals surface area contributed by atoms with E-state index in [4.69, 9.17) is 4.99 Å². The smallest absolute Gasteiger partial charge is 0.165 e. The van der Waals surface area contributed by atoms with Crippen LogP contribution < -0.4 is 0 Å². The van der Waals surface area contributed by atoms with Crippen LogP contribution in [-0.4, -0.2) is 27.4 Å². The molecule has 1 saturated heterocycles. The second-order valence-electron chi connectivity index (χ2n) is 8.66. The van der Waals surface area contributed by atoms with Crippen molar-refractivity contribution in [3.8, 4) is 17.2 Å². The number of nitrogens with zero attached hydrogens (tertiary/aromatic N) is 3. The van der Waals surface area contributed by atoms with Crippen LogP contribution in [0.3, 0.4) is 0 Å². The summed E-state index contributed by atoms with van der Waals surface area (Å²) in [5.41, 5.74) is 3.84. The lowest BCUT2D eigenvalue weighted by Gasteiger charge is -2.27. The minimum Gasteiger partial charge on any atom is -0.347 e. The minimum atomic E-state index is 0.376. The average Bonchev–Trinajstić information content (AvgIpc) is 3.51. The van der Waals surface area contributed by atoms with Crippen molar-refractivity contribution >= 4 is 22.6 Å². The molecule has 2 aromatic carbocycles. The number of aliphatic imine (C=N–C) groups is 1. The van der Waals surface area contributed by atoms with Gasteiger partial charge >= 0.3 is 0 Å². The third-order valence-corrected chi connectivity index (χ3v) is 8.20. The summed E-state index contributed by atoms with van der Waals surface area (Å²) in [5, 5.41) is 10.6. The molecule has 5 rings (SSSR count). The van der Waals surface area contributed by atoms with Crippen molar-refractivity contribution < 1.29 is 0 Å². The number of amidine groups is 1. The van der Waals surface area contributed by atoms with Gasteiger partial charge in [-0.3, -0.25) is 0 Å². The van der Waals surface area contributed by atoms with Gasteiger partial charge in [0.2, 0.25) is 0 Å². The third kappa shape index (κ3) is 3.69. The highest BCUT2D eigenvalue weighted by molar-refractivity contribution is 8.15. The van der Waals surface area contributed by atoms with Gasteiger partial charge in [-0.15, -0.1) is 0 Å². The molecule has 0 N–H and O–H groups in total. The average molecular weight is 402 g/mol. The summed E-state index contributed by atoms with van der Waals surface area (Å²) in [4.78, 5) is 7.89. The van der Waals surface area contributed by atoms with E-state index in [0.29, 0.717) is 16.4 Å². The maximum absolute atomic E-state index is 9.41. The molecule has 29 heavy (non-hydrogen) atoms. The summed E-state index contributed by atoms with van der Waals surface area (Å²) in [6.45, 7) is 1.16. The van der Waals surface area contributed by atoms with Crippen LogP contribution in [0.15, 0.2) is 53.5 Å². The number of nitriles is 1. The zero-order valence-corrected chi connectivity index (χ0v) is 17.6. The SMILES string of the molecule is N#Cc1ccc(N=C2SC3(CCCC3)CN2C2CCCC2)c(-c2ccccc2)c1. The lowest BCUT2D eigenvalue weighted by Crippen LogP contribution is -2.37. The summed E-state index contributed by atoms with van der Waals surface area (Å²) in [5.74, 6) is 0. The van der Waals surface area contributed by atoms with Crippen molar-refractivity contribution in [2.45, 2.75) is 62.2 Å². The molecule has 2 saturated carbocycles. The van der Waals surface area contributed by atoms with Crippen LogP contribution in [-0.2, 0) is 0 Å². The largest absolute Gasteiger partial charge is 0.347 e. The van der Waals surface area contributed by atoms with Gasteiger partial charge in [-0.2, -0.15) is 5.26 Å². The van der Waals surface area contributed by atoms with Crippen molar-refractivity contribution in [2.24, 2.45) is 4.99 Å². The second-order valence-corrected chi connectivity index (χ2v) is 10.1. The van der Waals surface area contributed by atoms with Crippen LogP contribution in [0.4, 0.5) is 5.69 Å². The minimum absolute atomic E-state index is 0.376. The zero-order valence-electron chi connectivity index (χ0n) is 16.8. The Kier molecular flexibility index (Phi) is 5.09. The Morgan fingerprint density at radius 3 is 2.48 bits per heavy atom. The molecule has 4 heteroatoms. The number of hydrogen-bond donors (Lipinski definition) is 0. The predicted molar refractivity (Wildman–Crippen MR) is 121 cm³/mol. The third-order valence-electron chi connectivity index (χ3n) is 6.72. The van der Waals surface area contributed by atoms with E-state index in [9.17, 15) is 5.26 Å². The van der Waals surface area contributed by atoms with E-state index in [1.165, 1.54) is 56.5 Å². The predicted octanol–water partition coefficient (Wildman–Crippen LogP) is 6.52. The Labute approximate surface area is 177 Å². The molecular weight excluding hydrogens is 374 g/mol. The molecule has 3 fully saturated rings. The number of hydrogen-bond acceptors (Lipinski definition) is 3. The molecule has 2 aromatic rings. The van der Waals surface area contributed by atoms with Gasteiger partial charge in [0.25, 0.3) is 0 Å². The topological polar surface area (TPSA) is 39.4 Å². The van der Waals surface area contributed by atoms with E-state index in [2.05, 4.69) is 23.1 Å². The van der Waals surface area contributed by atoms with Gasteiger partial charge in [0, 0.05) is 22.9 Å². The first kappa shape index (κ1) is 18.8. The number of thioether (sulfide) groups is 1. The Morgan fingerprint density at radius 1 is 1.00 bits per heavy atom.